The number of thiocarbonyl (C=S) groups is 1. The number of aliphatic hydroxyl groups is 1. The summed E-state index contributed by atoms with van der Waals surface area (Å²) in [6.45, 7) is 0. The monoisotopic (exact) mass is 376 g/mol. The van der Waals surface area contributed by atoms with Crippen LogP contribution < -0.4 is 4.74 Å². The second kappa shape index (κ2) is 6.03. The number of hydrogen-bond acceptors (Lipinski definition) is 2. The Morgan fingerprint density at radius 2 is 1.81 bits per heavy atom. The highest BCUT2D eigenvalue weighted by atomic mass is 79.9. The Bertz CT molecular complexity index is 686. The van der Waals surface area contributed by atoms with Gasteiger partial charge in [-0.2, -0.15) is 0 Å². The van der Waals surface area contributed by atoms with E-state index in [0.717, 1.165) is 0 Å². The van der Waals surface area contributed by atoms with Crippen LogP contribution in [0.4, 0.5) is 13.2 Å². The lowest BCUT2D eigenvalue weighted by Gasteiger charge is -2.11. The van der Waals surface area contributed by atoms with Gasteiger partial charge in [-0.3, -0.25) is 0 Å². The molecule has 0 radical (unpaired) electrons. The first-order chi connectivity index (χ1) is 9.74. The zero-order valence-electron chi connectivity index (χ0n) is 10.3. The Morgan fingerprint density at radius 1 is 1.10 bits per heavy atom. The molecule has 0 spiro atoms. The summed E-state index contributed by atoms with van der Waals surface area (Å²) in [7, 11) is 0. The van der Waals surface area contributed by atoms with Gasteiger partial charge in [-0.25, -0.2) is 0 Å². The van der Waals surface area contributed by atoms with Crippen LogP contribution in [0.1, 0.15) is 5.56 Å². The van der Waals surface area contributed by atoms with Gasteiger partial charge in [-0.15, -0.1) is 13.2 Å². The van der Waals surface area contributed by atoms with Gasteiger partial charge < -0.3 is 9.84 Å². The summed E-state index contributed by atoms with van der Waals surface area (Å²) in [5.74, 6) is -0.330. The lowest BCUT2D eigenvalue weighted by atomic mass is 10.0. The topological polar surface area (TPSA) is 29.5 Å². The molecule has 21 heavy (non-hydrogen) atoms. The second-order valence-corrected chi connectivity index (χ2v) is 5.41. The van der Waals surface area contributed by atoms with Crippen molar-refractivity contribution >= 4 is 33.2 Å². The van der Waals surface area contributed by atoms with Crippen LogP contribution in [0.2, 0.25) is 0 Å². The summed E-state index contributed by atoms with van der Waals surface area (Å²) in [6, 6.07) is 10.7. The molecule has 0 fully saturated rings. The fourth-order valence-electron chi connectivity index (χ4n) is 1.75. The molecule has 0 aliphatic carbocycles. The van der Waals surface area contributed by atoms with Gasteiger partial charge in [0.25, 0.3) is 0 Å². The van der Waals surface area contributed by atoms with E-state index < -0.39 is 6.36 Å². The van der Waals surface area contributed by atoms with E-state index in [1.807, 2.05) is 0 Å². The van der Waals surface area contributed by atoms with Gasteiger partial charge in [0.15, 0.2) is 5.05 Å². The predicted molar refractivity (Wildman–Crippen MR) is 80.6 cm³/mol. The van der Waals surface area contributed by atoms with E-state index >= 15 is 0 Å². The fraction of sp³-hybridized carbons (Fsp3) is 0.0714. The molecular weight excluding hydrogens is 369 g/mol. The molecule has 0 saturated heterocycles. The van der Waals surface area contributed by atoms with Gasteiger partial charge >= 0.3 is 6.36 Å². The molecule has 110 valence electrons. The molecule has 0 heterocycles. The average Bonchev–Trinajstić information content (AvgIpc) is 2.36. The molecule has 1 N–H and O–H groups in total. The molecule has 2 nitrogen and oxygen atoms in total. The standard InChI is InChI=1S/C14H8BrF3O2S/c15-11-5-10(6-12(7-11)20-14(16,17)18)8-2-1-3-9(4-8)13(19)21/h1-7H,(H,19,21). The van der Waals surface area contributed by atoms with Gasteiger partial charge in [0.2, 0.25) is 0 Å². The minimum Gasteiger partial charge on any atom is -0.499 e. The first kappa shape index (κ1) is 15.8. The molecule has 2 rings (SSSR count). The van der Waals surface area contributed by atoms with Crippen molar-refractivity contribution in [2.24, 2.45) is 0 Å². The molecule has 0 aliphatic heterocycles. The maximum absolute atomic E-state index is 12.3. The Labute approximate surface area is 132 Å². The minimum absolute atomic E-state index is 0.279. The van der Waals surface area contributed by atoms with E-state index in [2.05, 4.69) is 32.9 Å². The van der Waals surface area contributed by atoms with Crippen LogP contribution in [0.25, 0.3) is 11.1 Å². The minimum atomic E-state index is -4.76. The van der Waals surface area contributed by atoms with E-state index in [4.69, 9.17) is 0 Å². The smallest absolute Gasteiger partial charge is 0.499 e. The van der Waals surface area contributed by atoms with Crippen LogP contribution in [0, 0.1) is 0 Å². The lowest BCUT2D eigenvalue weighted by molar-refractivity contribution is -0.274. The highest BCUT2D eigenvalue weighted by molar-refractivity contribution is 9.10. The fourth-order valence-corrected chi connectivity index (χ4v) is 2.35. The lowest BCUT2D eigenvalue weighted by Crippen LogP contribution is -2.17. The van der Waals surface area contributed by atoms with Crippen molar-refractivity contribution in [2.45, 2.75) is 6.36 Å². The van der Waals surface area contributed by atoms with Crippen LogP contribution in [0.15, 0.2) is 46.9 Å². The molecule has 2 aromatic carbocycles. The normalized spacial score (nSPS) is 11.2. The van der Waals surface area contributed by atoms with Crippen molar-refractivity contribution in [2.75, 3.05) is 0 Å². The largest absolute Gasteiger partial charge is 0.573 e. The van der Waals surface area contributed by atoms with Crippen LogP contribution in [0.5, 0.6) is 5.75 Å². The van der Waals surface area contributed by atoms with Crippen molar-refractivity contribution in [3.8, 4) is 16.9 Å². The first-order valence-electron chi connectivity index (χ1n) is 5.65. The van der Waals surface area contributed by atoms with Crippen molar-refractivity contribution < 1.29 is 23.0 Å². The Morgan fingerprint density at radius 3 is 2.43 bits per heavy atom. The zero-order chi connectivity index (χ0) is 15.6. The quantitative estimate of drug-likeness (QED) is 0.742. The number of rotatable bonds is 3. The molecule has 0 unspecified atom stereocenters. The van der Waals surface area contributed by atoms with Gasteiger partial charge in [-0.1, -0.05) is 34.1 Å². The Kier molecular flexibility index (Phi) is 4.53. The molecule has 0 amide bonds. The number of halogens is 4. The average molecular weight is 377 g/mol. The van der Waals surface area contributed by atoms with Gasteiger partial charge in [0, 0.05) is 10.0 Å². The number of hydrogen-bond donors (Lipinski definition) is 1. The molecule has 0 aliphatic rings. The van der Waals surface area contributed by atoms with Gasteiger partial charge in [-0.05, 0) is 47.6 Å². The van der Waals surface area contributed by atoms with Gasteiger partial charge in [0.05, 0.1) is 0 Å². The number of benzene rings is 2. The molecule has 0 aromatic heterocycles. The van der Waals surface area contributed by atoms with E-state index in [1.165, 1.54) is 12.1 Å². The Hall–Kier alpha value is -1.60. The number of ether oxygens (including phenoxy) is 1. The van der Waals surface area contributed by atoms with Crippen molar-refractivity contribution in [3.63, 3.8) is 0 Å². The van der Waals surface area contributed by atoms with Gasteiger partial charge in [0.1, 0.15) is 5.75 Å². The van der Waals surface area contributed by atoms with E-state index in [0.29, 0.717) is 21.2 Å². The molecule has 7 heteroatoms. The summed E-state index contributed by atoms with van der Waals surface area (Å²) < 4.78 is 41.2. The van der Waals surface area contributed by atoms with Crippen molar-refractivity contribution in [3.05, 3.63) is 52.5 Å². The molecular formula is C14H8BrF3O2S. The third-order valence-electron chi connectivity index (χ3n) is 2.55. The summed E-state index contributed by atoms with van der Waals surface area (Å²) in [5.41, 5.74) is 1.53. The third kappa shape index (κ3) is 4.44. The maximum Gasteiger partial charge on any atom is 0.573 e. The highest BCUT2D eigenvalue weighted by Gasteiger charge is 2.31. The maximum atomic E-state index is 12.3. The molecule has 2 aromatic rings. The SMILES string of the molecule is OC(=S)c1cccc(-c2cc(Br)cc(OC(F)(F)F)c2)c1. The van der Waals surface area contributed by atoms with E-state index in [9.17, 15) is 18.3 Å². The highest BCUT2D eigenvalue weighted by Crippen LogP contribution is 2.32. The second-order valence-electron chi connectivity index (χ2n) is 4.11. The number of aliphatic hydroxyl groups excluding tert-OH is 1. The Balaban J connectivity index is 2.44. The third-order valence-corrected chi connectivity index (χ3v) is 3.24. The summed E-state index contributed by atoms with van der Waals surface area (Å²) in [6.07, 6.45) is -4.76. The summed E-state index contributed by atoms with van der Waals surface area (Å²) in [4.78, 5) is 0. The number of alkyl halides is 3. The molecule has 0 saturated carbocycles. The summed E-state index contributed by atoms with van der Waals surface area (Å²) in [5, 5.41) is 9.03. The van der Waals surface area contributed by atoms with Crippen LogP contribution in [0.3, 0.4) is 0 Å². The first-order valence-corrected chi connectivity index (χ1v) is 6.85. The van der Waals surface area contributed by atoms with Crippen molar-refractivity contribution in [1.29, 1.82) is 0 Å². The van der Waals surface area contributed by atoms with Crippen LogP contribution in [-0.2, 0) is 0 Å². The van der Waals surface area contributed by atoms with E-state index in [-0.39, 0.29) is 10.8 Å². The van der Waals surface area contributed by atoms with Crippen molar-refractivity contribution in [1.82, 2.24) is 0 Å². The van der Waals surface area contributed by atoms with E-state index in [1.54, 1.807) is 30.3 Å². The summed E-state index contributed by atoms with van der Waals surface area (Å²) >= 11 is 7.81. The van der Waals surface area contributed by atoms with Crippen LogP contribution >= 0.6 is 28.1 Å². The molecule has 0 bridgehead atoms. The van der Waals surface area contributed by atoms with Crippen LogP contribution in [-0.4, -0.2) is 16.5 Å². The zero-order valence-corrected chi connectivity index (χ0v) is 12.7. The predicted octanol–water partition coefficient (Wildman–Crippen LogP) is 5.25. The molecule has 0 atom stereocenters.